The van der Waals surface area contributed by atoms with Crippen molar-refractivity contribution < 1.29 is 23.4 Å². The number of carbonyl (C=O) groups excluding carboxylic acids is 1. The molecule has 1 amide bonds. The Kier molecular flexibility index (Phi) is 8.60. The van der Waals surface area contributed by atoms with E-state index < -0.39 is 0 Å². The molecule has 2 aromatic carbocycles. The van der Waals surface area contributed by atoms with Crippen LogP contribution in [0, 0.1) is 5.82 Å². The van der Waals surface area contributed by atoms with Crippen LogP contribution in [0.4, 0.5) is 9.52 Å². The van der Waals surface area contributed by atoms with Gasteiger partial charge in [-0.3, -0.25) is 14.6 Å². The van der Waals surface area contributed by atoms with Crippen molar-refractivity contribution in [3.63, 3.8) is 0 Å². The number of fused-ring (bicyclic) bond motifs is 1. The molecule has 0 unspecified atom stereocenters. The van der Waals surface area contributed by atoms with Gasteiger partial charge in [0.15, 0.2) is 5.13 Å². The van der Waals surface area contributed by atoms with E-state index in [0.717, 1.165) is 48.9 Å². The first kappa shape index (κ1) is 24.7. The first-order valence-electron chi connectivity index (χ1n) is 11.1. The first-order valence-corrected chi connectivity index (χ1v) is 12.9. The molecule has 1 saturated heterocycles. The zero-order valence-corrected chi connectivity index (χ0v) is 20.9. The lowest BCUT2D eigenvalue weighted by Gasteiger charge is -2.27. The molecule has 1 aromatic heterocycles. The number of methoxy groups -OCH3 is 2. The molecule has 4 rings (SSSR count). The molecule has 2 heterocycles. The second-order valence-corrected chi connectivity index (χ2v) is 9.77. The Morgan fingerprint density at radius 3 is 2.56 bits per heavy atom. The third-order valence-corrected chi connectivity index (χ3v) is 7.66. The van der Waals surface area contributed by atoms with E-state index in [9.17, 15) is 9.18 Å². The second-order valence-electron chi connectivity index (χ2n) is 7.74. The minimum absolute atomic E-state index is 0.0479. The van der Waals surface area contributed by atoms with Crippen molar-refractivity contribution in [3.05, 3.63) is 42.2 Å². The van der Waals surface area contributed by atoms with Crippen LogP contribution in [0.5, 0.6) is 11.5 Å². The quantitative estimate of drug-likeness (QED) is 0.381. The number of amides is 1. The van der Waals surface area contributed by atoms with Crippen molar-refractivity contribution in [1.29, 1.82) is 0 Å². The van der Waals surface area contributed by atoms with E-state index in [0.29, 0.717) is 28.7 Å². The Morgan fingerprint density at radius 2 is 1.85 bits per heavy atom. The normalized spacial score (nSPS) is 14.3. The summed E-state index contributed by atoms with van der Waals surface area (Å²) in [6, 6.07) is 9.84. The molecule has 0 saturated carbocycles. The summed E-state index contributed by atoms with van der Waals surface area (Å²) in [6.45, 7) is 4.73. The van der Waals surface area contributed by atoms with Crippen molar-refractivity contribution in [2.24, 2.45) is 0 Å². The zero-order chi connectivity index (χ0) is 23.9. The minimum Gasteiger partial charge on any atom is -0.495 e. The molecule has 7 nitrogen and oxygen atoms in total. The second kappa shape index (κ2) is 11.8. The lowest BCUT2D eigenvalue weighted by atomic mass is 10.3. The van der Waals surface area contributed by atoms with Crippen LogP contribution in [0.1, 0.15) is 6.42 Å². The van der Waals surface area contributed by atoms with E-state index in [1.165, 1.54) is 35.2 Å². The number of thioether (sulfide) groups is 1. The van der Waals surface area contributed by atoms with Gasteiger partial charge in [-0.2, -0.15) is 0 Å². The fourth-order valence-corrected chi connectivity index (χ4v) is 5.64. The van der Waals surface area contributed by atoms with Gasteiger partial charge >= 0.3 is 0 Å². The van der Waals surface area contributed by atoms with Gasteiger partial charge in [-0.15, -0.1) is 11.8 Å². The van der Waals surface area contributed by atoms with Gasteiger partial charge in [-0.25, -0.2) is 9.37 Å². The first-order chi connectivity index (χ1) is 16.6. The number of anilines is 1. The van der Waals surface area contributed by atoms with E-state index >= 15 is 0 Å². The lowest BCUT2D eigenvalue weighted by molar-refractivity contribution is -0.116. The highest BCUT2D eigenvalue weighted by Gasteiger charge is 2.23. The molecule has 0 atom stereocenters. The number of thiazole rings is 1. The van der Waals surface area contributed by atoms with E-state index in [-0.39, 0.29) is 17.5 Å². The van der Waals surface area contributed by atoms with Crippen molar-refractivity contribution in [2.75, 3.05) is 64.3 Å². The molecule has 0 aliphatic carbocycles. The number of hydrogen-bond acceptors (Lipinski definition) is 8. The number of ether oxygens (including phenoxy) is 3. The largest absolute Gasteiger partial charge is 0.495 e. The topological polar surface area (TPSA) is 64.1 Å². The molecule has 1 aliphatic rings. The molecule has 0 N–H and O–H groups in total. The smallest absolute Gasteiger partial charge is 0.239 e. The van der Waals surface area contributed by atoms with Crippen LogP contribution in [0.15, 0.2) is 41.3 Å². The minimum atomic E-state index is -0.294. The number of hydrogen-bond donors (Lipinski definition) is 0. The van der Waals surface area contributed by atoms with Gasteiger partial charge in [-0.05, 0) is 42.8 Å². The number of rotatable bonds is 10. The summed E-state index contributed by atoms with van der Waals surface area (Å²) >= 11 is 2.81. The fourth-order valence-electron chi connectivity index (χ4n) is 3.75. The Hall–Kier alpha value is -2.40. The van der Waals surface area contributed by atoms with E-state index in [4.69, 9.17) is 19.2 Å². The predicted octanol–water partition coefficient (Wildman–Crippen LogP) is 4.30. The van der Waals surface area contributed by atoms with E-state index in [2.05, 4.69) is 4.90 Å². The number of morpholine rings is 1. The third-order valence-electron chi connectivity index (χ3n) is 5.57. The van der Waals surface area contributed by atoms with Crippen molar-refractivity contribution >= 4 is 44.4 Å². The Bertz CT molecular complexity index is 1060. The molecule has 1 aliphatic heterocycles. The number of halogens is 1. The standard InChI is InChI=1S/C24H28FN3O4S2/c1-30-19-8-9-20(31-2)23-22(19)26-24(34-23)28(11-3-10-27-12-14-32-15-13-27)21(29)16-33-18-6-4-17(25)5-7-18/h4-9H,3,10-16H2,1-2H3. The highest BCUT2D eigenvalue weighted by atomic mass is 32.2. The molecule has 0 bridgehead atoms. The summed E-state index contributed by atoms with van der Waals surface area (Å²) in [7, 11) is 3.22. The molecule has 0 spiro atoms. The predicted molar refractivity (Wildman–Crippen MR) is 134 cm³/mol. The third kappa shape index (κ3) is 5.99. The van der Waals surface area contributed by atoms with Gasteiger partial charge in [0.2, 0.25) is 5.91 Å². The van der Waals surface area contributed by atoms with Crippen LogP contribution in [0.25, 0.3) is 10.2 Å². The van der Waals surface area contributed by atoms with Gasteiger partial charge in [0, 0.05) is 31.1 Å². The lowest BCUT2D eigenvalue weighted by Crippen LogP contribution is -2.39. The van der Waals surface area contributed by atoms with Crippen LogP contribution in [-0.2, 0) is 9.53 Å². The Labute approximate surface area is 206 Å². The average molecular weight is 506 g/mol. The van der Waals surface area contributed by atoms with Crippen LogP contribution in [-0.4, -0.2) is 75.2 Å². The van der Waals surface area contributed by atoms with Gasteiger partial charge < -0.3 is 14.2 Å². The van der Waals surface area contributed by atoms with Crippen LogP contribution >= 0.6 is 23.1 Å². The van der Waals surface area contributed by atoms with Gasteiger partial charge in [0.25, 0.3) is 0 Å². The molecule has 182 valence electrons. The highest BCUT2D eigenvalue weighted by molar-refractivity contribution is 8.00. The number of nitrogens with zero attached hydrogens (tertiary/aromatic N) is 3. The monoisotopic (exact) mass is 505 g/mol. The van der Waals surface area contributed by atoms with Crippen molar-refractivity contribution in [1.82, 2.24) is 9.88 Å². The summed E-state index contributed by atoms with van der Waals surface area (Å²) in [4.78, 5) is 23.1. The maximum Gasteiger partial charge on any atom is 0.239 e. The molecule has 3 aromatic rings. The molecular weight excluding hydrogens is 477 g/mol. The Balaban J connectivity index is 1.54. The summed E-state index contributed by atoms with van der Waals surface area (Å²) in [5.41, 5.74) is 0.680. The fraction of sp³-hybridized carbons (Fsp3) is 0.417. The summed E-state index contributed by atoms with van der Waals surface area (Å²) in [5.74, 6) is 1.22. The number of aromatic nitrogens is 1. The zero-order valence-electron chi connectivity index (χ0n) is 19.3. The summed E-state index contributed by atoms with van der Waals surface area (Å²) in [5, 5.41) is 0.615. The SMILES string of the molecule is COc1ccc(OC)c2sc(N(CCCN3CCOCC3)C(=O)CSc3ccc(F)cc3)nc12. The maximum absolute atomic E-state index is 13.4. The van der Waals surface area contributed by atoms with Gasteiger partial charge in [0.1, 0.15) is 27.5 Å². The Morgan fingerprint density at radius 1 is 1.15 bits per heavy atom. The number of benzene rings is 2. The van der Waals surface area contributed by atoms with Gasteiger partial charge in [-0.1, -0.05) is 11.3 Å². The summed E-state index contributed by atoms with van der Waals surface area (Å²) in [6.07, 6.45) is 0.817. The van der Waals surface area contributed by atoms with Gasteiger partial charge in [0.05, 0.1) is 33.2 Å². The van der Waals surface area contributed by atoms with Crippen LogP contribution in [0.2, 0.25) is 0 Å². The van der Waals surface area contributed by atoms with E-state index in [1.54, 1.807) is 31.3 Å². The molecular formula is C24H28FN3O4S2. The van der Waals surface area contributed by atoms with Crippen molar-refractivity contribution in [3.8, 4) is 11.5 Å². The molecule has 10 heteroatoms. The molecule has 1 fully saturated rings. The highest BCUT2D eigenvalue weighted by Crippen LogP contribution is 2.40. The van der Waals surface area contributed by atoms with Crippen LogP contribution < -0.4 is 14.4 Å². The maximum atomic E-state index is 13.4. The summed E-state index contributed by atoms with van der Waals surface area (Å²) < 4.78 is 30.5. The van der Waals surface area contributed by atoms with Crippen LogP contribution in [0.3, 0.4) is 0 Å². The molecule has 0 radical (unpaired) electrons. The average Bonchev–Trinajstić information content (AvgIpc) is 3.31. The van der Waals surface area contributed by atoms with Crippen molar-refractivity contribution in [2.45, 2.75) is 11.3 Å². The molecule has 34 heavy (non-hydrogen) atoms. The number of carbonyl (C=O) groups is 1. The van der Waals surface area contributed by atoms with E-state index in [1.807, 2.05) is 12.1 Å².